The second kappa shape index (κ2) is 5.43. The number of allylic oxidation sites excluding steroid dienone is 6. The van der Waals surface area contributed by atoms with Crippen LogP contribution in [0.2, 0.25) is 0 Å². The molecule has 4 aliphatic carbocycles. The number of hydrogen-bond acceptors (Lipinski definition) is 1. The predicted octanol–water partition coefficient (Wildman–Crippen LogP) is 6.35. The molecule has 1 unspecified atom stereocenters. The van der Waals surface area contributed by atoms with E-state index in [1.165, 1.54) is 56.1 Å². The van der Waals surface area contributed by atoms with Crippen LogP contribution in [0.3, 0.4) is 0 Å². The normalized spacial score (nSPS) is 39.5. The topological polar surface area (TPSA) is 12.9 Å². The van der Waals surface area contributed by atoms with Gasteiger partial charge >= 0.3 is 0 Å². The van der Waals surface area contributed by atoms with Crippen molar-refractivity contribution in [2.24, 2.45) is 22.7 Å². The summed E-state index contributed by atoms with van der Waals surface area (Å²) in [5, 5.41) is 0. The van der Waals surface area contributed by atoms with E-state index in [2.05, 4.69) is 49.2 Å². The minimum Gasteiger partial charge on any atom is -0.264 e. The molecule has 4 aliphatic rings. The molecule has 0 radical (unpaired) electrons. The van der Waals surface area contributed by atoms with Crippen molar-refractivity contribution in [3.05, 3.63) is 59.5 Å². The van der Waals surface area contributed by atoms with Gasteiger partial charge in [0.2, 0.25) is 0 Å². The first kappa shape index (κ1) is 15.6. The van der Waals surface area contributed by atoms with Crippen molar-refractivity contribution in [2.45, 2.75) is 58.8 Å². The van der Waals surface area contributed by atoms with Crippen LogP contribution in [0.4, 0.5) is 0 Å². The van der Waals surface area contributed by atoms with Gasteiger partial charge in [-0.1, -0.05) is 55.7 Å². The molecule has 2 saturated carbocycles. The third-order valence-corrected chi connectivity index (χ3v) is 8.04. The SMILES string of the molecule is C[C@]12CCC3[C@@H](CC=C4CCCC[C@@]43C)C1=CC=C2c1cccnc1. The number of pyridine rings is 1. The first-order valence-corrected chi connectivity index (χ1v) is 10.2. The number of rotatable bonds is 1. The van der Waals surface area contributed by atoms with Crippen molar-refractivity contribution in [3.63, 3.8) is 0 Å². The minimum atomic E-state index is 0.223. The lowest BCUT2D eigenvalue weighted by Gasteiger charge is -2.55. The Bertz CT molecular complexity index is 784. The zero-order valence-electron chi connectivity index (χ0n) is 15.6. The van der Waals surface area contributed by atoms with Crippen LogP contribution < -0.4 is 0 Å². The standard InChI is InChI=1S/C24H29N/c1-23-13-4-3-7-18(23)8-9-19-21-11-10-20(17-6-5-15-25-16-17)24(21,2)14-12-22(19)23/h5-6,8,10-11,15-16,19,22H,3-4,7,9,12-14H2,1-2H3/t19-,22?,23-,24+/m0/s1. The Labute approximate surface area is 151 Å². The molecule has 4 atom stereocenters. The Morgan fingerprint density at radius 3 is 2.88 bits per heavy atom. The number of nitrogens with zero attached hydrogens (tertiary/aromatic N) is 1. The lowest BCUT2D eigenvalue weighted by atomic mass is 9.49. The molecule has 0 spiro atoms. The van der Waals surface area contributed by atoms with E-state index in [-0.39, 0.29) is 5.41 Å². The smallest absolute Gasteiger partial charge is 0.0343 e. The molecular weight excluding hydrogens is 302 g/mol. The second-order valence-corrected chi connectivity index (χ2v) is 9.12. The van der Waals surface area contributed by atoms with Crippen molar-refractivity contribution >= 4 is 5.57 Å². The van der Waals surface area contributed by atoms with Crippen LogP contribution in [0.25, 0.3) is 5.57 Å². The number of aromatic nitrogens is 1. The zero-order valence-corrected chi connectivity index (χ0v) is 15.6. The lowest BCUT2D eigenvalue weighted by Crippen LogP contribution is -2.45. The van der Waals surface area contributed by atoms with Gasteiger partial charge in [-0.05, 0) is 73.0 Å². The summed E-state index contributed by atoms with van der Waals surface area (Å²) in [6.45, 7) is 5.08. The van der Waals surface area contributed by atoms with Crippen molar-refractivity contribution in [2.75, 3.05) is 0 Å². The van der Waals surface area contributed by atoms with E-state index in [9.17, 15) is 0 Å². The van der Waals surface area contributed by atoms with Crippen LogP contribution in [0, 0.1) is 22.7 Å². The summed E-state index contributed by atoms with van der Waals surface area (Å²) in [7, 11) is 0. The molecule has 130 valence electrons. The molecule has 0 amide bonds. The Morgan fingerprint density at radius 1 is 1.12 bits per heavy atom. The minimum absolute atomic E-state index is 0.223. The molecule has 1 heterocycles. The molecule has 0 saturated heterocycles. The maximum atomic E-state index is 4.37. The van der Waals surface area contributed by atoms with Gasteiger partial charge in [-0.15, -0.1) is 0 Å². The van der Waals surface area contributed by atoms with Crippen LogP contribution >= 0.6 is 0 Å². The highest BCUT2D eigenvalue weighted by molar-refractivity contribution is 5.78. The van der Waals surface area contributed by atoms with Crippen molar-refractivity contribution < 1.29 is 0 Å². The van der Waals surface area contributed by atoms with Gasteiger partial charge in [-0.2, -0.15) is 0 Å². The maximum absolute atomic E-state index is 4.37. The molecule has 5 rings (SSSR count). The zero-order chi connectivity index (χ0) is 17.1. The molecule has 1 nitrogen and oxygen atoms in total. The van der Waals surface area contributed by atoms with Gasteiger partial charge < -0.3 is 0 Å². The fraction of sp³-hybridized carbons (Fsp3) is 0.542. The van der Waals surface area contributed by atoms with Gasteiger partial charge in [0.15, 0.2) is 0 Å². The first-order chi connectivity index (χ1) is 12.1. The van der Waals surface area contributed by atoms with E-state index in [0.717, 1.165) is 11.8 Å². The summed E-state index contributed by atoms with van der Waals surface area (Å²) in [5.74, 6) is 1.60. The molecule has 2 fully saturated rings. The molecule has 0 bridgehead atoms. The molecule has 1 heteroatoms. The van der Waals surface area contributed by atoms with Gasteiger partial charge in [-0.25, -0.2) is 0 Å². The molecule has 0 aromatic carbocycles. The maximum Gasteiger partial charge on any atom is 0.0343 e. The van der Waals surface area contributed by atoms with Gasteiger partial charge in [0.1, 0.15) is 0 Å². The van der Waals surface area contributed by atoms with Crippen LogP contribution in [0.1, 0.15) is 64.4 Å². The van der Waals surface area contributed by atoms with Crippen molar-refractivity contribution in [1.29, 1.82) is 0 Å². The van der Waals surface area contributed by atoms with E-state index < -0.39 is 0 Å². The van der Waals surface area contributed by atoms with Gasteiger partial charge in [-0.3, -0.25) is 4.98 Å². The number of fused-ring (bicyclic) bond motifs is 5. The van der Waals surface area contributed by atoms with Crippen LogP contribution in [-0.2, 0) is 0 Å². The first-order valence-electron chi connectivity index (χ1n) is 10.2. The lowest BCUT2D eigenvalue weighted by molar-refractivity contribution is 0.0775. The Kier molecular flexibility index (Phi) is 3.39. The molecule has 1 aromatic heterocycles. The van der Waals surface area contributed by atoms with E-state index in [0.29, 0.717) is 5.41 Å². The summed E-state index contributed by atoms with van der Waals surface area (Å²) >= 11 is 0. The molecular formula is C24H29N. The Hall–Kier alpha value is -1.63. The largest absolute Gasteiger partial charge is 0.264 e. The summed E-state index contributed by atoms with van der Waals surface area (Å²) in [4.78, 5) is 4.37. The van der Waals surface area contributed by atoms with E-state index in [1.807, 2.05) is 12.4 Å². The van der Waals surface area contributed by atoms with Gasteiger partial charge in [0, 0.05) is 17.8 Å². The molecule has 0 N–H and O–H groups in total. The third-order valence-electron chi connectivity index (χ3n) is 8.04. The average molecular weight is 332 g/mol. The number of hydrogen-bond donors (Lipinski definition) is 0. The van der Waals surface area contributed by atoms with Crippen LogP contribution in [0.5, 0.6) is 0 Å². The fourth-order valence-corrected chi connectivity index (χ4v) is 6.64. The average Bonchev–Trinajstić information content (AvgIpc) is 2.99. The van der Waals surface area contributed by atoms with Crippen LogP contribution in [-0.4, -0.2) is 4.98 Å². The van der Waals surface area contributed by atoms with Crippen LogP contribution in [0.15, 0.2) is 53.9 Å². The third kappa shape index (κ3) is 2.11. The summed E-state index contributed by atoms with van der Waals surface area (Å²) in [6.07, 6.45) is 21.0. The Morgan fingerprint density at radius 2 is 2.04 bits per heavy atom. The fourth-order valence-electron chi connectivity index (χ4n) is 6.64. The van der Waals surface area contributed by atoms with Gasteiger partial charge in [0.25, 0.3) is 0 Å². The van der Waals surface area contributed by atoms with E-state index >= 15 is 0 Å². The predicted molar refractivity (Wildman–Crippen MR) is 104 cm³/mol. The van der Waals surface area contributed by atoms with Crippen molar-refractivity contribution in [1.82, 2.24) is 4.98 Å². The highest BCUT2D eigenvalue weighted by Gasteiger charge is 2.53. The highest BCUT2D eigenvalue weighted by Crippen LogP contribution is 2.64. The molecule has 0 aliphatic heterocycles. The highest BCUT2D eigenvalue weighted by atomic mass is 14.6. The molecule has 25 heavy (non-hydrogen) atoms. The van der Waals surface area contributed by atoms with Crippen molar-refractivity contribution in [3.8, 4) is 0 Å². The quantitative estimate of drug-likeness (QED) is 0.546. The Balaban J connectivity index is 1.51. The summed E-state index contributed by atoms with van der Waals surface area (Å²) in [6, 6.07) is 4.30. The van der Waals surface area contributed by atoms with Gasteiger partial charge in [0.05, 0.1) is 0 Å². The second-order valence-electron chi connectivity index (χ2n) is 9.12. The van der Waals surface area contributed by atoms with E-state index in [1.54, 1.807) is 11.1 Å². The monoisotopic (exact) mass is 331 g/mol. The molecule has 1 aromatic rings. The summed E-state index contributed by atoms with van der Waals surface area (Å²) < 4.78 is 0. The van der Waals surface area contributed by atoms with E-state index in [4.69, 9.17) is 0 Å². The summed E-state index contributed by atoms with van der Waals surface area (Å²) in [5.41, 5.74) is 7.01.